The average Bonchev–Trinajstić information content (AvgIpc) is 2.55. The zero-order valence-electron chi connectivity index (χ0n) is 12.6. The first-order valence-electron chi connectivity index (χ1n) is 6.63. The molecule has 1 N–H and O–H groups in total. The van der Waals surface area contributed by atoms with Gasteiger partial charge in [0.1, 0.15) is 5.75 Å². The second-order valence-corrected chi connectivity index (χ2v) is 5.32. The normalized spacial score (nSPS) is 10.1. The summed E-state index contributed by atoms with van der Waals surface area (Å²) in [5.74, 6) is 1.10. The van der Waals surface area contributed by atoms with Crippen molar-refractivity contribution in [2.45, 2.75) is 0 Å². The molecule has 0 radical (unpaired) electrons. The lowest BCUT2D eigenvalue weighted by molar-refractivity contribution is -0.118. The first-order valence-corrected chi connectivity index (χ1v) is 7.39. The van der Waals surface area contributed by atoms with E-state index in [9.17, 15) is 4.79 Å². The first-order chi connectivity index (χ1) is 11.0. The van der Waals surface area contributed by atoms with Crippen LogP contribution in [0.5, 0.6) is 17.2 Å². The van der Waals surface area contributed by atoms with E-state index in [-0.39, 0.29) is 12.5 Å². The molecule has 0 aliphatic heterocycles. The number of methoxy groups -OCH3 is 2. The molecule has 2 aromatic rings. The molecule has 1 amide bonds. The largest absolute Gasteiger partial charge is 0.493 e. The Labute approximate surface area is 144 Å². The Morgan fingerprint density at radius 3 is 2.43 bits per heavy atom. The third kappa shape index (κ3) is 4.68. The van der Waals surface area contributed by atoms with Gasteiger partial charge in [-0.3, -0.25) is 4.79 Å². The summed E-state index contributed by atoms with van der Waals surface area (Å²) in [4.78, 5) is 12.0. The molecule has 0 aliphatic rings. The number of carbonyl (C=O) groups is 1. The summed E-state index contributed by atoms with van der Waals surface area (Å²) >= 11 is 11.8. The molecule has 122 valence electrons. The molecule has 0 aliphatic carbocycles. The first kappa shape index (κ1) is 17.2. The molecule has 0 saturated carbocycles. The Morgan fingerprint density at radius 2 is 1.74 bits per heavy atom. The standard InChI is InChI=1S/C16H15Cl2NO4/c1-21-13-6-4-11(8-15(13)22-2)19-16(20)9-23-14-7-10(17)3-5-12(14)18/h3-8H,9H2,1-2H3,(H,19,20). The summed E-state index contributed by atoms with van der Waals surface area (Å²) in [6, 6.07) is 9.84. The number of nitrogens with one attached hydrogen (secondary N) is 1. The topological polar surface area (TPSA) is 56.8 Å². The van der Waals surface area contributed by atoms with Crippen LogP contribution >= 0.6 is 23.2 Å². The average molecular weight is 356 g/mol. The van der Waals surface area contributed by atoms with E-state index in [0.29, 0.717) is 33.0 Å². The number of rotatable bonds is 6. The van der Waals surface area contributed by atoms with Gasteiger partial charge in [0.05, 0.1) is 19.2 Å². The van der Waals surface area contributed by atoms with Gasteiger partial charge in [0.2, 0.25) is 0 Å². The van der Waals surface area contributed by atoms with Gasteiger partial charge in [-0.15, -0.1) is 0 Å². The monoisotopic (exact) mass is 355 g/mol. The molecule has 0 fully saturated rings. The molecule has 2 aromatic carbocycles. The molecule has 0 bridgehead atoms. The molecule has 0 unspecified atom stereocenters. The van der Waals surface area contributed by atoms with Crippen molar-refractivity contribution in [3.05, 3.63) is 46.4 Å². The van der Waals surface area contributed by atoms with Crippen molar-refractivity contribution < 1.29 is 19.0 Å². The second kappa shape index (κ2) is 7.94. The maximum atomic E-state index is 12.0. The SMILES string of the molecule is COc1ccc(NC(=O)COc2cc(Cl)ccc2Cl)cc1OC. The Bertz CT molecular complexity index is 706. The van der Waals surface area contributed by atoms with Gasteiger partial charge in [-0.05, 0) is 24.3 Å². The highest BCUT2D eigenvalue weighted by Crippen LogP contribution is 2.30. The number of carbonyl (C=O) groups excluding carboxylic acids is 1. The van der Waals surface area contributed by atoms with Crippen LogP contribution in [0.3, 0.4) is 0 Å². The van der Waals surface area contributed by atoms with Crippen LogP contribution in [0.1, 0.15) is 0 Å². The van der Waals surface area contributed by atoms with Gasteiger partial charge >= 0.3 is 0 Å². The summed E-state index contributed by atoms with van der Waals surface area (Å²) in [5.41, 5.74) is 0.563. The van der Waals surface area contributed by atoms with Crippen LogP contribution in [0.4, 0.5) is 5.69 Å². The number of ether oxygens (including phenoxy) is 3. The number of halogens is 2. The van der Waals surface area contributed by atoms with Crippen LogP contribution in [-0.4, -0.2) is 26.7 Å². The molecule has 5 nitrogen and oxygen atoms in total. The van der Waals surface area contributed by atoms with E-state index < -0.39 is 0 Å². The lowest BCUT2D eigenvalue weighted by atomic mass is 10.2. The van der Waals surface area contributed by atoms with Gasteiger partial charge in [-0.25, -0.2) is 0 Å². The van der Waals surface area contributed by atoms with Gasteiger partial charge in [0.15, 0.2) is 18.1 Å². The van der Waals surface area contributed by atoms with Crippen molar-refractivity contribution in [2.24, 2.45) is 0 Å². The smallest absolute Gasteiger partial charge is 0.262 e. The fourth-order valence-corrected chi connectivity index (χ4v) is 2.18. The molecular weight excluding hydrogens is 341 g/mol. The minimum atomic E-state index is -0.340. The Hall–Kier alpha value is -2.11. The number of benzene rings is 2. The molecule has 7 heteroatoms. The highest BCUT2D eigenvalue weighted by molar-refractivity contribution is 6.34. The van der Waals surface area contributed by atoms with Crippen molar-refractivity contribution in [1.29, 1.82) is 0 Å². The fraction of sp³-hybridized carbons (Fsp3) is 0.188. The summed E-state index contributed by atoms with van der Waals surface area (Å²) in [5, 5.41) is 3.56. The van der Waals surface area contributed by atoms with E-state index in [1.165, 1.54) is 7.11 Å². The summed E-state index contributed by atoms with van der Waals surface area (Å²) < 4.78 is 15.7. The summed E-state index contributed by atoms with van der Waals surface area (Å²) in [7, 11) is 3.06. The number of hydrogen-bond acceptors (Lipinski definition) is 4. The van der Waals surface area contributed by atoms with Gasteiger partial charge in [0.25, 0.3) is 5.91 Å². The van der Waals surface area contributed by atoms with E-state index in [1.54, 1.807) is 43.5 Å². The second-order valence-electron chi connectivity index (χ2n) is 4.48. The van der Waals surface area contributed by atoms with Crippen molar-refractivity contribution in [3.63, 3.8) is 0 Å². The number of hydrogen-bond donors (Lipinski definition) is 1. The molecule has 0 saturated heterocycles. The quantitative estimate of drug-likeness (QED) is 0.849. The molecule has 0 aromatic heterocycles. The van der Waals surface area contributed by atoms with Crippen molar-refractivity contribution >= 4 is 34.8 Å². The molecular formula is C16H15Cl2NO4. The van der Waals surface area contributed by atoms with Gasteiger partial charge < -0.3 is 19.5 Å². The maximum absolute atomic E-state index is 12.0. The molecule has 0 atom stereocenters. The van der Waals surface area contributed by atoms with Crippen LogP contribution in [-0.2, 0) is 4.79 Å². The minimum absolute atomic E-state index is 0.200. The van der Waals surface area contributed by atoms with Gasteiger partial charge in [-0.1, -0.05) is 23.2 Å². The summed E-state index contributed by atoms with van der Waals surface area (Å²) in [6.07, 6.45) is 0. The predicted octanol–water partition coefficient (Wildman–Crippen LogP) is 4.03. The Balaban J connectivity index is 1.98. The molecule has 2 rings (SSSR count). The van der Waals surface area contributed by atoms with Crippen molar-refractivity contribution in [1.82, 2.24) is 0 Å². The van der Waals surface area contributed by atoms with Crippen LogP contribution in [0.2, 0.25) is 10.0 Å². The van der Waals surface area contributed by atoms with Crippen molar-refractivity contribution in [2.75, 3.05) is 26.1 Å². The van der Waals surface area contributed by atoms with Crippen molar-refractivity contribution in [3.8, 4) is 17.2 Å². The van der Waals surface area contributed by atoms with Crippen LogP contribution in [0.15, 0.2) is 36.4 Å². The van der Waals surface area contributed by atoms with Gasteiger partial charge in [-0.2, -0.15) is 0 Å². The van der Waals surface area contributed by atoms with E-state index >= 15 is 0 Å². The lowest BCUT2D eigenvalue weighted by Crippen LogP contribution is -2.20. The fourth-order valence-electron chi connectivity index (χ4n) is 1.84. The third-order valence-electron chi connectivity index (χ3n) is 2.92. The number of amides is 1. The van der Waals surface area contributed by atoms with E-state index in [4.69, 9.17) is 37.4 Å². The van der Waals surface area contributed by atoms with E-state index in [2.05, 4.69) is 5.32 Å². The van der Waals surface area contributed by atoms with Gasteiger partial charge in [0, 0.05) is 22.8 Å². The Kier molecular flexibility index (Phi) is 5.96. The zero-order valence-corrected chi connectivity index (χ0v) is 14.1. The minimum Gasteiger partial charge on any atom is -0.493 e. The number of anilines is 1. The van der Waals surface area contributed by atoms with Crippen LogP contribution in [0.25, 0.3) is 0 Å². The lowest BCUT2D eigenvalue weighted by Gasteiger charge is -2.11. The highest BCUT2D eigenvalue weighted by atomic mass is 35.5. The highest BCUT2D eigenvalue weighted by Gasteiger charge is 2.09. The zero-order chi connectivity index (χ0) is 16.8. The van der Waals surface area contributed by atoms with Crippen LogP contribution < -0.4 is 19.5 Å². The predicted molar refractivity (Wildman–Crippen MR) is 90.1 cm³/mol. The molecule has 23 heavy (non-hydrogen) atoms. The molecule has 0 heterocycles. The Morgan fingerprint density at radius 1 is 1.00 bits per heavy atom. The third-order valence-corrected chi connectivity index (χ3v) is 3.47. The van der Waals surface area contributed by atoms with E-state index in [1.807, 2.05) is 0 Å². The molecule has 0 spiro atoms. The summed E-state index contributed by atoms with van der Waals surface area (Å²) in [6.45, 7) is -0.200. The van der Waals surface area contributed by atoms with E-state index in [0.717, 1.165) is 0 Å². The maximum Gasteiger partial charge on any atom is 0.262 e. The van der Waals surface area contributed by atoms with Crippen LogP contribution in [0, 0.1) is 0 Å².